The van der Waals surface area contributed by atoms with Crippen LogP contribution in [0.3, 0.4) is 0 Å². The van der Waals surface area contributed by atoms with E-state index in [2.05, 4.69) is 27.0 Å². The van der Waals surface area contributed by atoms with Crippen molar-refractivity contribution >= 4 is 17.2 Å². The Kier molecular flexibility index (Phi) is 6.48. The molecule has 5 heteroatoms. The van der Waals surface area contributed by atoms with Gasteiger partial charge in [-0.3, -0.25) is 9.69 Å². The van der Waals surface area contributed by atoms with Gasteiger partial charge in [-0.2, -0.15) is 11.3 Å². The number of ether oxygens (including phenoxy) is 1. The molecule has 0 atom stereocenters. The molecule has 0 spiro atoms. The van der Waals surface area contributed by atoms with Crippen molar-refractivity contribution in [1.29, 1.82) is 0 Å². The van der Waals surface area contributed by atoms with Gasteiger partial charge in [-0.1, -0.05) is 12.1 Å². The van der Waals surface area contributed by atoms with E-state index in [9.17, 15) is 4.79 Å². The van der Waals surface area contributed by atoms with Crippen molar-refractivity contribution in [3.05, 3.63) is 52.2 Å². The van der Waals surface area contributed by atoms with Gasteiger partial charge in [0.1, 0.15) is 5.75 Å². The fraction of sp³-hybridized carbons (Fsp3) is 0.450. The maximum Gasteiger partial charge on any atom is 0.257 e. The van der Waals surface area contributed by atoms with Gasteiger partial charge in [0.05, 0.1) is 0 Å². The molecule has 0 unspecified atom stereocenters. The predicted molar refractivity (Wildman–Crippen MR) is 102 cm³/mol. The Morgan fingerprint density at radius 3 is 2.88 bits per heavy atom. The maximum absolute atomic E-state index is 12.0. The van der Waals surface area contributed by atoms with Crippen LogP contribution in [-0.2, 0) is 11.3 Å². The number of carbonyl (C=O) groups is 1. The lowest BCUT2D eigenvalue weighted by atomic mass is 9.96. The SMILES string of the molecule is Cc1cccc(OCC(=O)NCC2CCN(Cc3ccsc3)CC2)c1. The molecule has 1 aromatic heterocycles. The van der Waals surface area contributed by atoms with Gasteiger partial charge in [-0.15, -0.1) is 0 Å². The quantitative estimate of drug-likeness (QED) is 0.824. The molecule has 1 aliphatic rings. The van der Waals surface area contributed by atoms with E-state index in [-0.39, 0.29) is 12.5 Å². The lowest BCUT2D eigenvalue weighted by Gasteiger charge is -2.31. The van der Waals surface area contributed by atoms with Crippen LogP contribution in [-0.4, -0.2) is 37.0 Å². The zero-order chi connectivity index (χ0) is 17.5. The van der Waals surface area contributed by atoms with Crippen molar-refractivity contribution in [2.75, 3.05) is 26.2 Å². The van der Waals surface area contributed by atoms with E-state index < -0.39 is 0 Å². The molecule has 0 aliphatic carbocycles. The number of piperidine rings is 1. The van der Waals surface area contributed by atoms with Gasteiger partial charge in [0, 0.05) is 13.1 Å². The highest BCUT2D eigenvalue weighted by atomic mass is 32.1. The molecule has 4 nitrogen and oxygen atoms in total. The highest BCUT2D eigenvalue weighted by molar-refractivity contribution is 7.07. The van der Waals surface area contributed by atoms with E-state index in [4.69, 9.17) is 4.74 Å². The average Bonchev–Trinajstić information content (AvgIpc) is 3.12. The number of nitrogens with zero attached hydrogens (tertiary/aromatic N) is 1. The van der Waals surface area contributed by atoms with Crippen LogP contribution in [0.2, 0.25) is 0 Å². The van der Waals surface area contributed by atoms with Gasteiger partial charge in [-0.05, 0) is 78.9 Å². The van der Waals surface area contributed by atoms with Crippen molar-refractivity contribution < 1.29 is 9.53 Å². The monoisotopic (exact) mass is 358 g/mol. The Bertz CT molecular complexity index is 664. The molecule has 0 radical (unpaired) electrons. The molecule has 3 rings (SSSR count). The van der Waals surface area contributed by atoms with Gasteiger partial charge < -0.3 is 10.1 Å². The minimum absolute atomic E-state index is 0.0396. The van der Waals surface area contributed by atoms with Crippen molar-refractivity contribution in [3.63, 3.8) is 0 Å². The second-order valence-electron chi connectivity index (χ2n) is 6.76. The smallest absolute Gasteiger partial charge is 0.257 e. The summed E-state index contributed by atoms with van der Waals surface area (Å²) in [6.45, 7) is 6.11. The number of rotatable bonds is 7. The molecule has 1 aliphatic heterocycles. The van der Waals surface area contributed by atoms with Crippen LogP contribution in [0, 0.1) is 12.8 Å². The number of likely N-dealkylation sites (tertiary alicyclic amines) is 1. The molecule has 1 aromatic carbocycles. The first-order chi connectivity index (χ1) is 12.2. The van der Waals surface area contributed by atoms with Gasteiger partial charge in [0.15, 0.2) is 6.61 Å². The average molecular weight is 359 g/mol. The van der Waals surface area contributed by atoms with Crippen molar-refractivity contribution in [2.24, 2.45) is 5.92 Å². The summed E-state index contributed by atoms with van der Waals surface area (Å²) in [6.07, 6.45) is 2.28. The van der Waals surface area contributed by atoms with Crippen LogP contribution in [0.15, 0.2) is 41.1 Å². The third-order valence-electron chi connectivity index (χ3n) is 4.64. The molecule has 1 amide bonds. The van der Waals surface area contributed by atoms with Crippen LogP contribution in [0.4, 0.5) is 0 Å². The summed E-state index contributed by atoms with van der Waals surface area (Å²) in [5.41, 5.74) is 2.54. The van der Waals surface area contributed by atoms with Crippen molar-refractivity contribution in [2.45, 2.75) is 26.3 Å². The summed E-state index contributed by atoms with van der Waals surface area (Å²) >= 11 is 1.76. The summed E-state index contributed by atoms with van der Waals surface area (Å²) in [5.74, 6) is 1.28. The largest absolute Gasteiger partial charge is 0.484 e. The first kappa shape index (κ1) is 18.0. The van der Waals surface area contributed by atoms with Crippen LogP contribution in [0.5, 0.6) is 5.75 Å². The molecule has 0 saturated carbocycles. The molecular weight excluding hydrogens is 332 g/mol. The van der Waals surface area contributed by atoms with Gasteiger partial charge in [0.25, 0.3) is 5.91 Å². The van der Waals surface area contributed by atoms with Gasteiger partial charge >= 0.3 is 0 Å². The second-order valence-corrected chi connectivity index (χ2v) is 7.54. The number of nitrogens with one attached hydrogen (secondary N) is 1. The summed E-state index contributed by atoms with van der Waals surface area (Å²) in [5, 5.41) is 7.37. The zero-order valence-corrected chi connectivity index (χ0v) is 15.6. The number of thiophene rings is 1. The predicted octanol–water partition coefficient (Wildman–Crippen LogP) is 3.46. The van der Waals surface area contributed by atoms with E-state index in [0.717, 1.165) is 50.3 Å². The second kappa shape index (κ2) is 9.02. The topological polar surface area (TPSA) is 41.6 Å². The first-order valence-corrected chi connectivity index (χ1v) is 9.83. The van der Waals surface area contributed by atoms with Crippen molar-refractivity contribution in [3.8, 4) is 5.75 Å². The fourth-order valence-electron chi connectivity index (χ4n) is 3.15. The molecule has 0 bridgehead atoms. The van der Waals surface area contributed by atoms with Crippen LogP contribution in [0.1, 0.15) is 24.0 Å². The van der Waals surface area contributed by atoms with E-state index >= 15 is 0 Å². The molecule has 2 aromatic rings. The van der Waals surface area contributed by atoms with E-state index in [0.29, 0.717) is 5.92 Å². The number of hydrogen-bond donors (Lipinski definition) is 1. The fourth-order valence-corrected chi connectivity index (χ4v) is 3.81. The van der Waals surface area contributed by atoms with Crippen molar-refractivity contribution in [1.82, 2.24) is 10.2 Å². The molecule has 25 heavy (non-hydrogen) atoms. The molecule has 1 fully saturated rings. The zero-order valence-electron chi connectivity index (χ0n) is 14.7. The van der Waals surface area contributed by atoms with Gasteiger partial charge in [-0.25, -0.2) is 0 Å². The summed E-state index contributed by atoms with van der Waals surface area (Å²) in [4.78, 5) is 14.5. The summed E-state index contributed by atoms with van der Waals surface area (Å²) in [6, 6.07) is 9.97. The number of hydrogen-bond acceptors (Lipinski definition) is 4. The maximum atomic E-state index is 12.0. The normalized spacial score (nSPS) is 15.9. The van der Waals surface area contributed by atoms with Crippen LogP contribution < -0.4 is 10.1 Å². The highest BCUT2D eigenvalue weighted by Gasteiger charge is 2.19. The Hall–Kier alpha value is -1.85. The third-order valence-corrected chi connectivity index (χ3v) is 5.37. The first-order valence-electron chi connectivity index (χ1n) is 8.88. The van der Waals surface area contributed by atoms with E-state index in [1.165, 1.54) is 5.56 Å². The Morgan fingerprint density at radius 2 is 2.16 bits per heavy atom. The number of benzene rings is 1. The third kappa shape index (κ3) is 5.87. The van der Waals surface area contributed by atoms with E-state index in [1.54, 1.807) is 11.3 Å². The number of amides is 1. The van der Waals surface area contributed by atoms with E-state index in [1.807, 2.05) is 31.2 Å². The Morgan fingerprint density at radius 1 is 1.32 bits per heavy atom. The minimum Gasteiger partial charge on any atom is -0.484 e. The summed E-state index contributed by atoms with van der Waals surface area (Å²) < 4.78 is 5.55. The molecule has 1 N–H and O–H groups in total. The van der Waals surface area contributed by atoms with Crippen LogP contribution >= 0.6 is 11.3 Å². The van der Waals surface area contributed by atoms with Gasteiger partial charge in [0.2, 0.25) is 0 Å². The molecule has 134 valence electrons. The molecular formula is C20H26N2O2S. The number of carbonyl (C=O) groups excluding carboxylic acids is 1. The lowest BCUT2D eigenvalue weighted by Crippen LogP contribution is -2.39. The Labute approximate surface area is 153 Å². The highest BCUT2D eigenvalue weighted by Crippen LogP contribution is 2.19. The lowest BCUT2D eigenvalue weighted by molar-refractivity contribution is -0.123. The number of aryl methyl sites for hydroxylation is 1. The minimum atomic E-state index is -0.0396. The van der Waals surface area contributed by atoms with Crippen LogP contribution in [0.25, 0.3) is 0 Å². The molecule has 2 heterocycles. The Balaban J connectivity index is 1.32. The molecule has 1 saturated heterocycles. The summed E-state index contributed by atoms with van der Waals surface area (Å²) in [7, 11) is 0. The standard InChI is InChI=1S/C20H26N2O2S/c1-16-3-2-4-19(11-16)24-14-20(23)21-12-17-5-8-22(9-6-17)13-18-7-10-25-15-18/h2-4,7,10-11,15,17H,5-6,8-9,12-14H2,1H3,(H,21,23).